The van der Waals surface area contributed by atoms with Gasteiger partial charge in [0.2, 0.25) is 5.95 Å². The molecule has 30 heavy (non-hydrogen) atoms. The average Bonchev–Trinajstić information content (AvgIpc) is 3.09. The molecule has 0 radical (unpaired) electrons. The van der Waals surface area contributed by atoms with E-state index < -0.39 is 0 Å². The lowest BCUT2D eigenvalue weighted by Gasteiger charge is -2.11. The van der Waals surface area contributed by atoms with Crippen LogP contribution in [0, 0.1) is 0 Å². The van der Waals surface area contributed by atoms with Crippen LogP contribution in [0.5, 0.6) is 5.75 Å². The van der Waals surface area contributed by atoms with Crippen LogP contribution < -0.4 is 15.8 Å². The minimum atomic E-state index is 0.463. The molecule has 0 fully saturated rings. The zero-order chi connectivity index (χ0) is 20.9. The van der Waals surface area contributed by atoms with Crippen molar-refractivity contribution >= 4 is 22.8 Å². The van der Waals surface area contributed by atoms with Gasteiger partial charge in [0.25, 0.3) is 0 Å². The van der Waals surface area contributed by atoms with Crippen LogP contribution in [0.2, 0.25) is 0 Å². The van der Waals surface area contributed by atoms with Crippen LogP contribution in [-0.2, 0) is 11.3 Å². The van der Waals surface area contributed by atoms with Crippen molar-refractivity contribution in [1.82, 2.24) is 19.7 Å². The number of benzene rings is 2. The van der Waals surface area contributed by atoms with Gasteiger partial charge < -0.3 is 20.5 Å². The second-order valence-electron chi connectivity index (χ2n) is 6.74. The number of nitrogens with zero attached hydrogens (tertiary/aromatic N) is 4. The van der Waals surface area contributed by atoms with Gasteiger partial charge in [-0.2, -0.15) is 4.98 Å². The Bertz CT molecular complexity index is 1140. The molecule has 2 aromatic heterocycles. The standard InChI is InChI=1S/C22H24N6O2/c1-29-13-12-24-22-25-19(16-10-6-7-11-17(16)30-2)18-20(23)28(27-21(18)26-22)14-15-8-4-3-5-9-15/h3-11H,12-14,23H2,1-2H3,(H,24,26,27). The maximum absolute atomic E-state index is 6.53. The van der Waals surface area contributed by atoms with Crippen molar-refractivity contribution in [3.63, 3.8) is 0 Å². The predicted molar refractivity (Wildman–Crippen MR) is 118 cm³/mol. The SMILES string of the molecule is COCCNc1nc(-c2ccccc2OC)c2c(N)n(Cc3ccccc3)nc2n1. The molecule has 2 aromatic carbocycles. The second kappa shape index (κ2) is 8.79. The highest BCUT2D eigenvalue weighted by molar-refractivity contribution is 6.00. The molecule has 0 unspecified atom stereocenters. The highest BCUT2D eigenvalue weighted by Gasteiger charge is 2.20. The van der Waals surface area contributed by atoms with Gasteiger partial charge >= 0.3 is 0 Å². The van der Waals surface area contributed by atoms with Gasteiger partial charge in [-0.25, -0.2) is 9.67 Å². The number of nitrogen functional groups attached to an aromatic ring is 1. The zero-order valence-corrected chi connectivity index (χ0v) is 17.0. The van der Waals surface area contributed by atoms with E-state index in [1.807, 2.05) is 54.6 Å². The molecule has 8 heteroatoms. The number of hydrogen-bond donors (Lipinski definition) is 2. The summed E-state index contributed by atoms with van der Waals surface area (Å²) in [5, 5.41) is 8.55. The van der Waals surface area contributed by atoms with E-state index in [0.29, 0.717) is 53.9 Å². The number of fused-ring (bicyclic) bond motifs is 1. The van der Waals surface area contributed by atoms with E-state index in [2.05, 4.69) is 15.4 Å². The molecule has 3 N–H and O–H groups in total. The van der Waals surface area contributed by atoms with E-state index in [4.69, 9.17) is 20.2 Å². The van der Waals surface area contributed by atoms with Crippen LogP contribution in [-0.4, -0.2) is 47.1 Å². The van der Waals surface area contributed by atoms with E-state index in [9.17, 15) is 0 Å². The Kier molecular flexibility index (Phi) is 5.76. The lowest BCUT2D eigenvalue weighted by molar-refractivity contribution is 0.210. The molecule has 0 atom stereocenters. The summed E-state index contributed by atoms with van der Waals surface area (Å²) in [5.41, 5.74) is 9.66. The fourth-order valence-corrected chi connectivity index (χ4v) is 3.31. The third-order valence-electron chi connectivity index (χ3n) is 4.77. The Morgan fingerprint density at radius 1 is 1.00 bits per heavy atom. The number of para-hydroxylation sites is 1. The third kappa shape index (κ3) is 3.90. The molecule has 4 rings (SSSR count). The van der Waals surface area contributed by atoms with Gasteiger partial charge in [-0.3, -0.25) is 0 Å². The first kappa shape index (κ1) is 19.7. The Labute approximate surface area is 174 Å². The van der Waals surface area contributed by atoms with Crippen molar-refractivity contribution in [3.8, 4) is 17.0 Å². The molecule has 0 saturated heterocycles. The highest BCUT2D eigenvalue weighted by Crippen LogP contribution is 2.36. The topological polar surface area (TPSA) is 100 Å². The largest absolute Gasteiger partial charge is 0.496 e. The fraction of sp³-hybridized carbons (Fsp3) is 0.227. The normalized spacial score (nSPS) is 11.0. The first-order chi connectivity index (χ1) is 14.7. The number of hydrogen-bond acceptors (Lipinski definition) is 7. The quantitative estimate of drug-likeness (QED) is 0.435. The summed E-state index contributed by atoms with van der Waals surface area (Å²) in [6.45, 7) is 1.66. The smallest absolute Gasteiger partial charge is 0.225 e. The van der Waals surface area contributed by atoms with E-state index in [1.165, 1.54) is 0 Å². The molecule has 0 amide bonds. The third-order valence-corrected chi connectivity index (χ3v) is 4.77. The van der Waals surface area contributed by atoms with Crippen LogP contribution in [0.1, 0.15) is 5.56 Å². The average molecular weight is 404 g/mol. The van der Waals surface area contributed by atoms with Crippen LogP contribution in [0.15, 0.2) is 54.6 Å². The predicted octanol–water partition coefficient (Wildman–Crippen LogP) is 3.19. The molecule has 0 bridgehead atoms. The monoisotopic (exact) mass is 404 g/mol. The summed E-state index contributed by atoms with van der Waals surface area (Å²) < 4.78 is 12.4. The number of methoxy groups -OCH3 is 2. The number of ether oxygens (including phenoxy) is 2. The molecule has 0 spiro atoms. The van der Waals surface area contributed by atoms with E-state index in [1.54, 1.807) is 18.9 Å². The van der Waals surface area contributed by atoms with Gasteiger partial charge in [0.15, 0.2) is 5.65 Å². The fourth-order valence-electron chi connectivity index (χ4n) is 3.31. The van der Waals surface area contributed by atoms with Gasteiger partial charge in [0.05, 0.1) is 31.3 Å². The van der Waals surface area contributed by atoms with Crippen LogP contribution in [0.25, 0.3) is 22.3 Å². The van der Waals surface area contributed by atoms with Crippen molar-refractivity contribution in [3.05, 3.63) is 60.2 Å². The van der Waals surface area contributed by atoms with Gasteiger partial charge in [-0.05, 0) is 17.7 Å². The van der Waals surface area contributed by atoms with Gasteiger partial charge in [0.1, 0.15) is 11.6 Å². The van der Waals surface area contributed by atoms with E-state index in [-0.39, 0.29) is 0 Å². The number of aromatic nitrogens is 4. The summed E-state index contributed by atoms with van der Waals surface area (Å²) >= 11 is 0. The molecule has 2 heterocycles. The lowest BCUT2D eigenvalue weighted by atomic mass is 10.1. The number of nitrogens with one attached hydrogen (secondary N) is 1. The minimum absolute atomic E-state index is 0.463. The van der Waals surface area contributed by atoms with Crippen molar-refractivity contribution in [2.45, 2.75) is 6.54 Å². The van der Waals surface area contributed by atoms with Crippen molar-refractivity contribution in [1.29, 1.82) is 0 Å². The number of nitrogens with two attached hydrogens (primary N) is 1. The summed E-state index contributed by atoms with van der Waals surface area (Å²) in [5.74, 6) is 1.68. The minimum Gasteiger partial charge on any atom is -0.496 e. The lowest BCUT2D eigenvalue weighted by Crippen LogP contribution is -2.11. The molecule has 0 saturated carbocycles. The summed E-state index contributed by atoms with van der Waals surface area (Å²) in [6, 6.07) is 17.7. The maximum Gasteiger partial charge on any atom is 0.225 e. The molecular formula is C22H24N6O2. The van der Waals surface area contributed by atoms with Crippen molar-refractivity contribution < 1.29 is 9.47 Å². The van der Waals surface area contributed by atoms with Crippen molar-refractivity contribution in [2.24, 2.45) is 0 Å². The Morgan fingerprint density at radius 3 is 2.53 bits per heavy atom. The van der Waals surface area contributed by atoms with Crippen LogP contribution in [0.3, 0.4) is 0 Å². The Morgan fingerprint density at radius 2 is 1.77 bits per heavy atom. The zero-order valence-electron chi connectivity index (χ0n) is 17.0. The van der Waals surface area contributed by atoms with Gasteiger partial charge in [-0.15, -0.1) is 5.10 Å². The number of rotatable bonds is 8. The second-order valence-corrected chi connectivity index (χ2v) is 6.74. The maximum atomic E-state index is 6.53. The molecule has 0 aliphatic heterocycles. The van der Waals surface area contributed by atoms with Crippen LogP contribution in [0.4, 0.5) is 11.8 Å². The molecule has 4 aromatic rings. The highest BCUT2D eigenvalue weighted by atomic mass is 16.5. The molecule has 154 valence electrons. The summed E-state index contributed by atoms with van der Waals surface area (Å²) in [6.07, 6.45) is 0. The molecular weight excluding hydrogens is 380 g/mol. The Hall–Kier alpha value is -3.65. The van der Waals surface area contributed by atoms with Crippen LogP contribution >= 0.6 is 0 Å². The molecule has 0 aliphatic rings. The molecule has 0 aliphatic carbocycles. The van der Waals surface area contributed by atoms with Gasteiger partial charge in [-0.1, -0.05) is 42.5 Å². The van der Waals surface area contributed by atoms with Gasteiger partial charge in [0, 0.05) is 19.2 Å². The van der Waals surface area contributed by atoms with Crippen molar-refractivity contribution in [2.75, 3.05) is 38.4 Å². The summed E-state index contributed by atoms with van der Waals surface area (Å²) in [4.78, 5) is 9.32. The first-order valence-corrected chi connectivity index (χ1v) is 9.65. The van der Waals surface area contributed by atoms with E-state index >= 15 is 0 Å². The number of anilines is 2. The Balaban J connectivity index is 1.86. The van der Waals surface area contributed by atoms with E-state index in [0.717, 1.165) is 11.1 Å². The summed E-state index contributed by atoms with van der Waals surface area (Å²) in [7, 11) is 3.29. The first-order valence-electron chi connectivity index (χ1n) is 9.65. The molecule has 8 nitrogen and oxygen atoms in total.